The van der Waals surface area contributed by atoms with Crippen molar-refractivity contribution in [2.24, 2.45) is 0 Å². The highest BCUT2D eigenvalue weighted by Crippen LogP contribution is 2.34. The highest BCUT2D eigenvalue weighted by Gasteiger charge is 2.37. The Labute approximate surface area is 154 Å². The van der Waals surface area contributed by atoms with Crippen LogP contribution in [0.2, 0.25) is 0 Å². The fourth-order valence-corrected chi connectivity index (χ4v) is 3.80. The number of fused-ring (bicyclic) bond motifs is 3. The van der Waals surface area contributed by atoms with Crippen LogP contribution in [0.1, 0.15) is 36.2 Å². The lowest BCUT2D eigenvalue weighted by Gasteiger charge is -2.31. The number of carbonyl (C=O) groups is 1. The molecule has 5 rings (SSSR count). The second kappa shape index (κ2) is 5.90. The molecule has 1 aromatic carbocycles. The Bertz CT molecular complexity index is 1090. The zero-order valence-corrected chi connectivity index (χ0v) is 14.8. The van der Waals surface area contributed by atoms with Crippen LogP contribution >= 0.6 is 0 Å². The number of aromatic nitrogens is 5. The molecule has 0 aliphatic carbocycles. The summed E-state index contributed by atoms with van der Waals surface area (Å²) in [7, 11) is 0. The molecule has 1 fully saturated rings. The first kappa shape index (κ1) is 16.0. The molecule has 2 aromatic heterocycles. The fraction of sp³-hybridized carbons (Fsp3) is 0.389. The first-order chi connectivity index (χ1) is 13.1. The molecule has 9 heteroatoms. The molecule has 0 radical (unpaired) electrons. The van der Waals surface area contributed by atoms with Crippen molar-refractivity contribution in [3.63, 3.8) is 0 Å². The Balaban J connectivity index is 1.57. The van der Waals surface area contributed by atoms with Gasteiger partial charge in [0.15, 0.2) is 6.23 Å². The van der Waals surface area contributed by atoms with E-state index in [2.05, 4.69) is 15.2 Å². The number of benzene rings is 1. The highest BCUT2D eigenvalue weighted by molar-refractivity contribution is 6.01. The van der Waals surface area contributed by atoms with Crippen molar-refractivity contribution in [1.29, 1.82) is 0 Å². The molecule has 1 saturated heterocycles. The lowest BCUT2D eigenvalue weighted by atomic mass is 10.1. The van der Waals surface area contributed by atoms with Crippen LogP contribution in [-0.2, 0) is 6.54 Å². The van der Waals surface area contributed by atoms with Crippen LogP contribution < -0.4 is 10.3 Å². The van der Waals surface area contributed by atoms with Crippen molar-refractivity contribution in [3.8, 4) is 5.75 Å². The second-order valence-electron chi connectivity index (χ2n) is 6.97. The largest absolute Gasteiger partial charge is 0.470 e. The predicted molar refractivity (Wildman–Crippen MR) is 95.4 cm³/mol. The van der Waals surface area contributed by atoms with E-state index in [1.807, 2.05) is 6.92 Å². The van der Waals surface area contributed by atoms with Crippen LogP contribution in [0.25, 0.3) is 10.9 Å². The fourth-order valence-electron chi connectivity index (χ4n) is 3.80. The van der Waals surface area contributed by atoms with Crippen molar-refractivity contribution in [3.05, 3.63) is 46.8 Å². The second-order valence-corrected chi connectivity index (χ2v) is 6.97. The Morgan fingerprint density at radius 3 is 2.89 bits per heavy atom. The van der Waals surface area contributed by atoms with E-state index in [1.165, 1.54) is 11.1 Å². The van der Waals surface area contributed by atoms with Crippen molar-refractivity contribution in [2.75, 3.05) is 6.54 Å². The lowest BCUT2D eigenvalue weighted by Crippen LogP contribution is -2.43. The van der Waals surface area contributed by atoms with E-state index in [4.69, 9.17) is 4.74 Å². The van der Waals surface area contributed by atoms with Crippen LogP contribution in [0, 0.1) is 0 Å². The molecule has 0 N–H and O–H groups in total. The van der Waals surface area contributed by atoms with Crippen LogP contribution in [0.5, 0.6) is 5.75 Å². The van der Waals surface area contributed by atoms with E-state index in [0.717, 1.165) is 12.8 Å². The zero-order chi connectivity index (χ0) is 18.5. The third kappa shape index (κ3) is 2.49. The van der Waals surface area contributed by atoms with Crippen molar-refractivity contribution in [2.45, 2.75) is 38.6 Å². The topological polar surface area (TPSA) is 95.1 Å². The summed E-state index contributed by atoms with van der Waals surface area (Å²) in [5, 5.41) is 8.60. The van der Waals surface area contributed by atoms with Crippen molar-refractivity contribution >= 4 is 16.8 Å². The Hall–Kier alpha value is -3.23. The van der Waals surface area contributed by atoms with Gasteiger partial charge in [-0.05, 0) is 25.5 Å². The number of carbonyl (C=O) groups excluding carboxylic acids is 1. The summed E-state index contributed by atoms with van der Waals surface area (Å²) in [5.74, 6) is 0.415. The molecule has 2 atom stereocenters. The molecule has 27 heavy (non-hydrogen) atoms. The number of hydrogen-bond acceptors (Lipinski definition) is 6. The third-order valence-electron chi connectivity index (χ3n) is 5.21. The maximum atomic E-state index is 13.0. The van der Waals surface area contributed by atoms with Gasteiger partial charge in [-0.25, -0.2) is 4.98 Å². The van der Waals surface area contributed by atoms with Gasteiger partial charge < -0.3 is 9.64 Å². The molecule has 0 saturated carbocycles. The van der Waals surface area contributed by atoms with E-state index in [0.29, 0.717) is 35.3 Å². The maximum Gasteiger partial charge on any atom is 0.261 e. The monoisotopic (exact) mass is 366 g/mol. The van der Waals surface area contributed by atoms with Crippen molar-refractivity contribution < 1.29 is 9.53 Å². The zero-order valence-electron chi connectivity index (χ0n) is 14.8. The first-order valence-electron chi connectivity index (χ1n) is 8.98. The molecular formula is C18H18N6O3. The van der Waals surface area contributed by atoms with Crippen LogP contribution in [0.15, 0.2) is 35.6 Å². The quantitative estimate of drug-likeness (QED) is 0.691. The smallest absolute Gasteiger partial charge is 0.261 e. The minimum absolute atomic E-state index is 0.0512. The van der Waals surface area contributed by atoms with Gasteiger partial charge in [0, 0.05) is 13.0 Å². The third-order valence-corrected chi connectivity index (χ3v) is 5.21. The SMILES string of the molecule is C[C@H](Cn1nccn1)n1cnc2cc3c(cc2c1=O)OC1CCCN1C3=O. The van der Waals surface area contributed by atoms with E-state index >= 15 is 0 Å². The van der Waals surface area contributed by atoms with E-state index in [1.54, 1.807) is 34.0 Å². The van der Waals surface area contributed by atoms with Gasteiger partial charge in [0.1, 0.15) is 5.75 Å². The summed E-state index contributed by atoms with van der Waals surface area (Å²) < 4.78 is 7.54. The molecule has 3 aromatic rings. The molecule has 1 amide bonds. The van der Waals surface area contributed by atoms with Gasteiger partial charge in [0.2, 0.25) is 0 Å². The number of nitrogens with zero attached hydrogens (tertiary/aromatic N) is 6. The Morgan fingerprint density at radius 2 is 2.07 bits per heavy atom. The van der Waals surface area contributed by atoms with Gasteiger partial charge in [0.05, 0.1) is 47.8 Å². The molecule has 2 aliphatic heterocycles. The number of hydrogen-bond donors (Lipinski definition) is 0. The molecule has 9 nitrogen and oxygen atoms in total. The standard InChI is InChI=1S/C18H18N6O3/c1-11(9-24-20-4-5-21-24)23-10-19-14-7-13-15(8-12(14)17(23)25)27-16-3-2-6-22(16)18(13)26/h4-5,7-8,10-11,16H,2-3,6,9H2,1H3/t11-,16?/m1/s1. The van der Waals surface area contributed by atoms with Crippen molar-refractivity contribution in [1.82, 2.24) is 29.4 Å². The summed E-state index contributed by atoms with van der Waals surface area (Å²) in [5.41, 5.74) is 0.792. The van der Waals surface area contributed by atoms with Crippen LogP contribution in [0.3, 0.4) is 0 Å². The van der Waals surface area contributed by atoms with Gasteiger partial charge in [0.25, 0.3) is 11.5 Å². The molecule has 138 valence electrons. The molecule has 1 unspecified atom stereocenters. The summed E-state index contributed by atoms with van der Waals surface area (Å²) in [4.78, 5) is 33.4. The first-order valence-corrected chi connectivity index (χ1v) is 8.98. The van der Waals surface area contributed by atoms with E-state index in [9.17, 15) is 9.59 Å². The van der Waals surface area contributed by atoms with Gasteiger partial charge in [-0.2, -0.15) is 15.0 Å². The number of rotatable bonds is 3. The van der Waals surface area contributed by atoms with Gasteiger partial charge in [-0.3, -0.25) is 14.2 Å². The van der Waals surface area contributed by atoms with E-state index in [-0.39, 0.29) is 23.7 Å². The van der Waals surface area contributed by atoms with Gasteiger partial charge >= 0.3 is 0 Å². The Kier molecular flexibility index (Phi) is 3.49. The highest BCUT2D eigenvalue weighted by atomic mass is 16.5. The molecular weight excluding hydrogens is 348 g/mol. The minimum Gasteiger partial charge on any atom is -0.470 e. The minimum atomic E-state index is -0.230. The Morgan fingerprint density at radius 1 is 1.26 bits per heavy atom. The number of ether oxygens (including phenoxy) is 1. The van der Waals surface area contributed by atoms with E-state index < -0.39 is 0 Å². The molecule has 0 bridgehead atoms. The normalized spacial score (nSPS) is 19.7. The van der Waals surface area contributed by atoms with Crippen LogP contribution in [0.4, 0.5) is 0 Å². The molecule has 4 heterocycles. The van der Waals surface area contributed by atoms with Crippen LogP contribution in [-0.4, -0.2) is 48.1 Å². The molecule has 2 aliphatic rings. The van der Waals surface area contributed by atoms with Gasteiger partial charge in [-0.15, -0.1) is 0 Å². The molecule has 0 spiro atoms. The lowest BCUT2D eigenvalue weighted by molar-refractivity contribution is 0.0295. The van der Waals surface area contributed by atoms with Gasteiger partial charge in [-0.1, -0.05) is 0 Å². The summed E-state index contributed by atoms with van der Waals surface area (Å²) in [6, 6.07) is 3.14. The average molecular weight is 366 g/mol. The number of amides is 1. The summed E-state index contributed by atoms with van der Waals surface area (Å²) >= 11 is 0. The maximum absolute atomic E-state index is 13.0. The average Bonchev–Trinajstić information content (AvgIpc) is 3.33. The summed E-state index contributed by atoms with van der Waals surface area (Å²) in [6.07, 6.45) is 6.22. The predicted octanol–water partition coefficient (Wildman–Crippen LogP) is 1.20. The summed E-state index contributed by atoms with van der Waals surface area (Å²) in [6.45, 7) is 3.07.